The number of rotatable bonds is 2. The van der Waals surface area contributed by atoms with Crippen LogP contribution in [0.25, 0.3) is 0 Å². The third kappa shape index (κ3) is 3.68. The predicted molar refractivity (Wildman–Crippen MR) is 63.0 cm³/mol. The second kappa shape index (κ2) is 5.31. The molecule has 0 spiro atoms. The highest BCUT2D eigenvalue weighted by molar-refractivity contribution is 5.40. The highest BCUT2D eigenvalue weighted by Gasteiger charge is 2.34. The standard InChI is InChI=1S/C14H8F6O/c15-13(16,17)9-5-7-10(8-6-9)21-12-4-2-1-3-11(12)14(18,19)20/h1-8H. The Morgan fingerprint density at radius 2 is 1.24 bits per heavy atom. The second-order valence-electron chi connectivity index (χ2n) is 4.12. The van der Waals surface area contributed by atoms with Crippen LogP contribution in [0.3, 0.4) is 0 Å². The summed E-state index contributed by atoms with van der Waals surface area (Å²) in [6.07, 6.45) is -9.12. The molecule has 0 atom stereocenters. The third-order valence-corrected chi connectivity index (χ3v) is 2.60. The second-order valence-corrected chi connectivity index (χ2v) is 4.12. The Morgan fingerprint density at radius 1 is 0.667 bits per heavy atom. The zero-order valence-electron chi connectivity index (χ0n) is 10.3. The van der Waals surface area contributed by atoms with Crippen LogP contribution >= 0.6 is 0 Å². The van der Waals surface area contributed by atoms with E-state index >= 15 is 0 Å². The molecule has 1 nitrogen and oxygen atoms in total. The molecule has 0 radical (unpaired) electrons. The fourth-order valence-corrected chi connectivity index (χ4v) is 1.63. The molecule has 0 aliphatic carbocycles. The van der Waals surface area contributed by atoms with Crippen LogP contribution < -0.4 is 4.74 Å². The van der Waals surface area contributed by atoms with E-state index in [1.165, 1.54) is 12.1 Å². The maximum Gasteiger partial charge on any atom is 0.419 e. The minimum atomic E-state index is -4.61. The molecule has 0 amide bonds. The van der Waals surface area contributed by atoms with Gasteiger partial charge in [0.05, 0.1) is 11.1 Å². The number of benzene rings is 2. The number of halogens is 6. The van der Waals surface area contributed by atoms with Gasteiger partial charge in [-0.1, -0.05) is 12.1 Å². The number of alkyl halides is 6. The molecule has 0 aliphatic rings. The van der Waals surface area contributed by atoms with Gasteiger partial charge in [0, 0.05) is 0 Å². The Morgan fingerprint density at radius 3 is 1.76 bits per heavy atom. The summed E-state index contributed by atoms with van der Waals surface area (Å²) in [7, 11) is 0. The monoisotopic (exact) mass is 306 g/mol. The Balaban J connectivity index is 2.27. The van der Waals surface area contributed by atoms with Gasteiger partial charge in [-0.25, -0.2) is 0 Å². The molecule has 0 saturated carbocycles. The van der Waals surface area contributed by atoms with Gasteiger partial charge in [0.25, 0.3) is 0 Å². The Labute approximate surface area is 115 Å². The minimum absolute atomic E-state index is 0.111. The van der Waals surface area contributed by atoms with Gasteiger partial charge in [-0.3, -0.25) is 0 Å². The summed E-state index contributed by atoms with van der Waals surface area (Å²) < 4.78 is 80.4. The molecule has 21 heavy (non-hydrogen) atoms. The van der Waals surface area contributed by atoms with Gasteiger partial charge < -0.3 is 4.74 Å². The van der Waals surface area contributed by atoms with Gasteiger partial charge in [0.1, 0.15) is 11.5 Å². The fourth-order valence-electron chi connectivity index (χ4n) is 1.63. The molecule has 7 heteroatoms. The van der Waals surface area contributed by atoms with Crippen molar-refractivity contribution in [2.24, 2.45) is 0 Å². The third-order valence-electron chi connectivity index (χ3n) is 2.60. The average molecular weight is 306 g/mol. The van der Waals surface area contributed by atoms with E-state index in [1.807, 2.05) is 0 Å². The highest BCUT2D eigenvalue weighted by Crippen LogP contribution is 2.38. The zero-order chi connectivity index (χ0) is 15.7. The van der Waals surface area contributed by atoms with Crippen LogP contribution in [0.1, 0.15) is 11.1 Å². The zero-order valence-corrected chi connectivity index (χ0v) is 10.3. The largest absolute Gasteiger partial charge is 0.457 e. The van der Waals surface area contributed by atoms with Crippen molar-refractivity contribution >= 4 is 0 Å². The molecular formula is C14H8F6O. The van der Waals surface area contributed by atoms with E-state index < -0.39 is 29.2 Å². The molecular weight excluding hydrogens is 298 g/mol. The molecule has 2 aromatic carbocycles. The lowest BCUT2D eigenvalue weighted by Gasteiger charge is -2.14. The molecule has 0 bridgehead atoms. The van der Waals surface area contributed by atoms with Crippen molar-refractivity contribution in [3.63, 3.8) is 0 Å². The molecule has 2 rings (SSSR count). The van der Waals surface area contributed by atoms with Crippen LogP contribution in [-0.4, -0.2) is 0 Å². The van der Waals surface area contributed by atoms with Gasteiger partial charge in [-0.2, -0.15) is 26.3 Å². The number of ether oxygens (including phenoxy) is 1. The first-order valence-corrected chi connectivity index (χ1v) is 5.69. The van der Waals surface area contributed by atoms with Crippen molar-refractivity contribution in [1.29, 1.82) is 0 Å². The summed E-state index contributed by atoms with van der Waals surface area (Å²) >= 11 is 0. The topological polar surface area (TPSA) is 9.23 Å². The van der Waals surface area contributed by atoms with Crippen molar-refractivity contribution in [2.75, 3.05) is 0 Å². The predicted octanol–water partition coefficient (Wildman–Crippen LogP) is 5.52. The van der Waals surface area contributed by atoms with Gasteiger partial charge >= 0.3 is 12.4 Å². The Kier molecular flexibility index (Phi) is 3.85. The van der Waals surface area contributed by atoms with Crippen LogP contribution in [0.5, 0.6) is 11.5 Å². The Hall–Kier alpha value is -2.18. The van der Waals surface area contributed by atoms with E-state index in [0.29, 0.717) is 0 Å². The van der Waals surface area contributed by atoms with E-state index in [0.717, 1.165) is 36.4 Å². The van der Waals surface area contributed by atoms with Crippen molar-refractivity contribution in [3.05, 3.63) is 59.7 Å². The molecule has 112 valence electrons. The maximum atomic E-state index is 12.7. The first-order chi connectivity index (χ1) is 9.68. The van der Waals surface area contributed by atoms with E-state index in [1.54, 1.807) is 0 Å². The highest BCUT2D eigenvalue weighted by atomic mass is 19.4. The van der Waals surface area contributed by atoms with Gasteiger partial charge in [0.2, 0.25) is 0 Å². The van der Waals surface area contributed by atoms with Crippen LogP contribution in [0.15, 0.2) is 48.5 Å². The fraction of sp³-hybridized carbons (Fsp3) is 0.143. The smallest absolute Gasteiger partial charge is 0.419 e. The lowest BCUT2D eigenvalue weighted by molar-refractivity contribution is -0.138. The van der Waals surface area contributed by atoms with Gasteiger partial charge in [-0.15, -0.1) is 0 Å². The Bertz CT molecular complexity index is 613. The van der Waals surface area contributed by atoms with Crippen LogP contribution in [0, 0.1) is 0 Å². The first kappa shape index (κ1) is 15.2. The first-order valence-electron chi connectivity index (χ1n) is 5.69. The lowest BCUT2D eigenvalue weighted by Crippen LogP contribution is -2.07. The van der Waals surface area contributed by atoms with E-state index in [9.17, 15) is 26.3 Å². The molecule has 0 heterocycles. The van der Waals surface area contributed by atoms with Crippen LogP contribution in [0.4, 0.5) is 26.3 Å². The lowest BCUT2D eigenvalue weighted by atomic mass is 10.2. The number of hydrogen-bond donors (Lipinski definition) is 0. The van der Waals surface area contributed by atoms with Crippen molar-refractivity contribution < 1.29 is 31.1 Å². The number of para-hydroxylation sites is 1. The quantitative estimate of drug-likeness (QED) is 0.664. The maximum absolute atomic E-state index is 12.7. The van der Waals surface area contributed by atoms with E-state index in [-0.39, 0.29) is 5.75 Å². The van der Waals surface area contributed by atoms with E-state index in [2.05, 4.69) is 0 Å². The van der Waals surface area contributed by atoms with Crippen LogP contribution in [0.2, 0.25) is 0 Å². The van der Waals surface area contributed by atoms with Crippen LogP contribution in [-0.2, 0) is 12.4 Å². The SMILES string of the molecule is FC(F)(F)c1ccc(Oc2ccccc2C(F)(F)F)cc1. The summed E-state index contributed by atoms with van der Waals surface area (Å²) in [5, 5.41) is 0. The minimum Gasteiger partial charge on any atom is -0.457 e. The summed E-state index contributed by atoms with van der Waals surface area (Å²) in [6.45, 7) is 0. The molecule has 0 aliphatic heterocycles. The number of hydrogen-bond acceptors (Lipinski definition) is 1. The van der Waals surface area contributed by atoms with E-state index in [4.69, 9.17) is 4.74 Å². The van der Waals surface area contributed by atoms with Crippen molar-refractivity contribution in [3.8, 4) is 11.5 Å². The molecule has 0 saturated heterocycles. The summed E-state index contributed by atoms with van der Waals surface area (Å²) in [5.74, 6) is -0.579. The van der Waals surface area contributed by atoms with Crippen molar-refractivity contribution in [1.82, 2.24) is 0 Å². The summed E-state index contributed by atoms with van der Waals surface area (Å²) in [4.78, 5) is 0. The average Bonchev–Trinajstić information content (AvgIpc) is 2.37. The van der Waals surface area contributed by atoms with Gasteiger partial charge in [-0.05, 0) is 36.4 Å². The summed E-state index contributed by atoms with van der Waals surface area (Å²) in [6, 6.07) is 7.89. The summed E-state index contributed by atoms with van der Waals surface area (Å²) in [5.41, 5.74) is -1.90. The molecule has 0 N–H and O–H groups in total. The normalized spacial score (nSPS) is 12.3. The molecule has 0 fully saturated rings. The molecule has 0 unspecified atom stereocenters. The van der Waals surface area contributed by atoms with Gasteiger partial charge in [0.15, 0.2) is 0 Å². The molecule has 0 aromatic heterocycles. The molecule has 2 aromatic rings. The van der Waals surface area contributed by atoms with Crippen molar-refractivity contribution in [2.45, 2.75) is 12.4 Å².